The van der Waals surface area contributed by atoms with E-state index in [1.807, 2.05) is 0 Å². The van der Waals surface area contributed by atoms with E-state index in [4.69, 9.17) is 75.8 Å². The van der Waals surface area contributed by atoms with Crippen molar-refractivity contribution in [1.29, 1.82) is 0 Å². The number of methoxy groups -OCH3 is 1. The normalized spacial score (nSPS) is 29.0. The van der Waals surface area contributed by atoms with E-state index < -0.39 is 174 Å². The van der Waals surface area contributed by atoms with Gasteiger partial charge >= 0.3 is 53.7 Å². The third-order valence-electron chi connectivity index (χ3n) is 10.8. The van der Waals surface area contributed by atoms with Gasteiger partial charge in [0.15, 0.2) is 55.5 Å². The van der Waals surface area contributed by atoms with E-state index in [-0.39, 0.29) is 12.2 Å². The second kappa shape index (κ2) is 27.5. The molecular weight excluding hydrogens is 993 g/mol. The number of carbonyl (C=O) groups excluding carboxylic acids is 9. The Kier molecular flexibility index (Phi) is 22.5. The molecule has 0 aliphatic carbocycles. The Hall–Kier alpha value is -5.77. The van der Waals surface area contributed by atoms with E-state index in [0.717, 1.165) is 55.4 Å². The lowest BCUT2D eigenvalue weighted by Gasteiger charge is -2.48. The van der Waals surface area contributed by atoms with Crippen LogP contribution in [-0.4, -0.2) is 181 Å². The molecule has 3 heterocycles. The predicted octanol–water partition coefficient (Wildman–Crippen LogP) is 2.26. The molecular formula is C47H66O25Si. The molecule has 0 N–H and O–H groups in total. The number of hydrogen-bond donors (Lipinski definition) is 0. The van der Waals surface area contributed by atoms with Gasteiger partial charge in [-0.15, -0.1) is 0 Å². The average molecular weight is 1060 g/mol. The molecule has 3 saturated heterocycles. The van der Waals surface area contributed by atoms with Crippen molar-refractivity contribution in [3.8, 4) is 5.75 Å². The van der Waals surface area contributed by atoms with Crippen LogP contribution in [0.5, 0.6) is 5.75 Å². The van der Waals surface area contributed by atoms with Crippen molar-refractivity contribution in [2.24, 2.45) is 0 Å². The number of carbonyl (C=O) groups is 9. The van der Waals surface area contributed by atoms with Crippen molar-refractivity contribution < 1.29 is 119 Å². The molecule has 0 unspecified atom stereocenters. The smallest absolute Gasteiger partial charge is 0.338 e. The lowest BCUT2D eigenvalue weighted by Crippen LogP contribution is -2.65. The van der Waals surface area contributed by atoms with Gasteiger partial charge in [0, 0.05) is 76.5 Å². The first-order valence-electron chi connectivity index (χ1n) is 23.2. The zero-order valence-electron chi connectivity index (χ0n) is 42.8. The fourth-order valence-corrected chi connectivity index (χ4v) is 8.52. The summed E-state index contributed by atoms with van der Waals surface area (Å²) in [4.78, 5) is 114. The molecule has 4 rings (SSSR count). The fraction of sp³-hybridized carbons (Fsp3) is 0.681. The molecule has 25 nitrogen and oxygen atoms in total. The van der Waals surface area contributed by atoms with Gasteiger partial charge in [0.1, 0.15) is 50.0 Å². The standard InChI is InChI=1S/C47H66O25Si/c1-23(48)59-21-36-38(63-26(4)51)40(64-27(5)52)43(67-30(8)55)47(71-36)68-33-19-34(62-25(3)50)45(69-35(33)20-61-44(56)31-13-15-32(57-9)16-14-31)72-39-37(22-60-24(2)49)70-46(58-17-18-73(10,11)12)42(66-29(7)54)41(39)65-28(6)53/h13-16,33-43,45-47H,17-22H2,1-12H3/t33-,34-,35-,36-,37-,38+,39-,40+,41+,42-,43-,45+,46-,47+/m1/s1. The maximum absolute atomic E-state index is 13.6. The number of ether oxygens (including phenoxy) is 16. The van der Waals surface area contributed by atoms with Crippen LogP contribution in [0.4, 0.5) is 0 Å². The van der Waals surface area contributed by atoms with Crippen molar-refractivity contribution in [3.63, 3.8) is 0 Å². The summed E-state index contributed by atoms with van der Waals surface area (Å²) in [5, 5.41) is 0. The van der Waals surface area contributed by atoms with Gasteiger partial charge in [-0.05, 0) is 30.3 Å². The summed E-state index contributed by atoms with van der Waals surface area (Å²) in [7, 11) is -0.278. The van der Waals surface area contributed by atoms with Gasteiger partial charge in [-0.25, -0.2) is 4.79 Å². The topological polar surface area (TPSA) is 301 Å². The third kappa shape index (κ3) is 18.9. The van der Waals surface area contributed by atoms with E-state index >= 15 is 0 Å². The molecule has 73 heavy (non-hydrogen) atoms. The lowest BCUT2D eigenvalue weighted by molar-refractivity contribution is -0.366. The highest BCUT2D eigenvalue weighted by Gasteiger charge is 2.57. The van der Waals surface area contributed by atoms with Crippen molar-refractivity contribution in [2.75, 3.05) is 33.5 Å². The Morgan fingerprint density at radius 2 is 0.918 bits per heavy atom. The molecule has 0 spiro atoms. The van der Waals surface area contributed by atoms with Crippen LogP contribution in [0.2, 0.25) is 25.7 Å². The molecule has 0 amide bonds. The van der Waals surface area contributed by atoms with E-state index in [0.29, 0.717) is 11.8 Å². The zero-order chi connectivity index (χ0) is 54.3. The Balaban J connectivity index is 1.85. The van der Waals surface area contributed by atoms with Gasteiger partial charge in [0.2, 0.25) is 0 Å². The first-order valence-corrected chi connectivity index (χ1v) is 27.0. The first-order chi connectivity index (χ1) is 34.2. The van der Waals surface area contributed by atoms with Gasteiger partial charge in [0.25, 0.3) is 0 Å². The Morgan fingerprint density at radius 1 is 0.479 bits per heavy atom. The Morgan fingerprint density at radius 3 is 1.41 bits per heavy atom. The lowest BCUT2D eigenvalue weighted by atomic mass is 9.96. The van der Waals surface area contributed by atoms with E-state index in [1.54, 1.807) is 0 Å². The maximum Gasteiger partial charge on any atom is 0.338 e. The average Bonchev–Trinajstić information content (AvgIpc) is 3.27. The summed E-state index contributed by atoms with van der Waals surface area (Å²) in [5.41, 5.74) is 0.0780. The second-order valence-corrected chi connectivity index (χ2v) is 23.9. The second-order valence-electron chi connectivity index (χ2n) is 18.3. The van der Waals surface area contributed by atoms with Crippen LogP contribution in [0, 0.1) is 0 Å². The first kappa shape index (κ1) is 59.8. The van der Waals surface area contributed by atoms with E-state index in [1.165, 1.54) is 31.4 Å². The summed E-state index contributed by atoms with van der Waals surface area (Å²) in [5.74, 6) is -7.25. The molecule has 0 saturated carbocycles. The number of rotatable bonds is 22. The van der Waals surface area contributed by atoms with Gasteiger partial charge < -0.3 is 75.8 Å². The Bertz CT molecular complexity index is 2090. The summed E-state index contributed by atoms with van der Waals surface area (Å²) in [6.07, 6.45) is -22.2. The predicted molar refractivity (Wildman–Crippen MR) is 244 cm³/mol. The monoisotopic (exact) mass is 1060 g/mol. The molecule has 1 aromatic carbocycles. The fourth-order valence-electron chi connectivity index (χ4n) is 7.79. The van der Waals surface area contributed by atoms with Crippen LogP contribution in [0.15, 0.2) is 24.3 Å². The summed E-state index contributed by atoms with van der Waals surface area (Å²) >= 11 is 0. The van der Waals surface area contributed by atoms with Crippen LogP contribution in [0.25, 0.3) is 0 Å². The van der Waals surface area contributed by atoms with Crippen LogP contribution in [0.3, 0.4) is 0 Å². The molecule has 0 aromatic heterocycles. The van der Waals surface area contributed by atoms with Crippen LogP contribution in [-0.2, 0) is 109 Å². The Labute approximate surface area is 422 Å². The molecule has 0 radical (unpaired) electrons. The molecule has 3 fully saturated rings. The highest BCUT2D eigenvalue weighted by molar-refractivity contribution is 6.76. The van der Waals surface area contributed by atoms with E-state index in [9.17, 15) is 43.2 Å². The third-order valence-corrected chi connectivity index (χ3v) is 12.5. The molecule has 3 aliphatic heterocycles. The minimum absolute atomic E-state index is 0.0780. The van der Waals surface area contributed by atoms with Crippen LogP contribution in [0.1, 0.15) is 72.2 Å². The maximum atomic E-state index is 13.6. The van der Waals surface area contributed by atoms with Crippen molar-refractivity contribution in [1.82, 2.24) is 0 Å². The van der Waals surface area contributed by atoms with Gasteiger partial charge in [-0.1, -0.05) is 19.6 Å². The highest BCUT2D eigenvalue weighted by Crippen LogP contribution is 2.37. The highest BCUT2D eigenvalue weighted by atomic mass is 28.3. The van der Waals surface area contributed by atoms with Gasteiger partial charge in [-0.3, -0.25) is 38.4 Å². The molecule has 14 atom stereocenters. The SMILES string of the molecule is COc1ccc(C(=O)OC[C@H]2O[C@@H](O[C@H]3[C@H](OC(C)=O)[C@@H](OC(C)=O)[C@H](OCC[Si](C)(C)C)O[C@@H]3COC(C)=O)[C@H](OC(C)=O)C[C@H]2O[C@H]2O[C@H](COC(C)=O)[C@H](OC(C)=O)[C@H](OC(C)=O)[C@H]2OC(C)=O)cc1. The zero-order valence-corrected chi connectivity index (χ0v) is 43.8. The number of esters is 9. The summed E-state index contributed by atoms with van der Waals surface area (Å²) in [6, 6.07) is 6.53. The molecule has 408 valence electrons. The number of benzene rings is 1. The van der Waals surface area contributed by atoms with Crippen molar-refractivity contribution in [3.05, 3.63) is 29.8 Å². The summed E-state index contributed by atoms with van der Waals surface area (Å²) < 4.78 is 93.6. The van der Waals surface area contributed by atoms with Gasteiger partial charge in [0.05, 0.1) is 18.8 Å². The minimum atomic E-state index is -1.81. The summed E-state index contributed by atoms with van der Waals surface area (Å²) in [6.45, 7) is 13.2. The molecule has 0 bridgehead atoms. The molecule has 3 aliphatic rings. The van der Waals surface area contributed by atoms with Crippen LogP contribution < -0.4 is 4.74 Å². The quantitative estimate of drug-likeness (QED) is 0.0913. The van der Waals surface area contributed by atoms with Crippen molar-refractivity contribution in [2.45, 2.75) is 174 Å². The van der Waals surface area contributed by atoms with Crippen LogP contribution >= 0.6 is 0 Å². The van der Waals surface area contributed by atoms with E-state index in [2.05, 4.69) is 19.6 Å². The molecule has 1 aromatic rings. The van der Waals surface area contributed by atoms with Gasteiger partial charge in [-0.2, -0.15) is 0 Å². The largest absolute Gasteiger partial charge is 0.497 e. The minimum Gasteiger partial charge on any atom is -0.497 e. The van der Waals surface area contributed by atoms with Crippen molar-refractivity contribution >= 4 is 61.8 Å². The molecule has 26 heteroatoms. The number of hydrogen-bond acceptors (Lipinski definition) is 25.